The summed E-state index contributed by atoms with van der Waals surface area (Å²) in [5.41, 5.74) is 0. The molecule has 4 heteroatoms. The van der Waals surface area contributed by atoms with Gasteiger partial charge in [0.05, 0.1) is 0 Å². The van der Waals surface area contributed by atoms with Gasteiger partial charge in [0.25, 0.3) is 0 Å². The van der Waals surface area contributed by atoms with E-state index in [9.17, 15) is 0 Å². The number of hydrogen-bond donors (Lipinski definition) is 1. The summed E-state index contributed by atoms with van der Waals surface area (Å²) in [5, 5.41) is 8.25. The van der Waals surface area contributed by atoms with Gasteiger partial charge < -0.3 is 16.1 Å². The minimum absolute atomic E-state index is 0. The second-order valence-electron chi connectivity index (χ2n) is 0.0962. The zero-order valence-corrected chi connectivity index (χ0v) is 2.55. The Balaban J connectivity index is -0.0000000200. The van der Waals surface area contributed by atoms with Crippen LogP contribution in [0.25, 0.3) is 0 Å². The molecule has 0 aliphatic rings. The van der Waals surface area contributed by atoms with E-state index in [1.54, 1.807) is 0 Å². The van der Waals surface area contributed by atoms with Gasteiger partial charge in [-0.2, -0.15) is 0 Å². The van der Waals surface area contributed by atoms with Crippen LogP contribution in [0.15, 0.2) is 0 Å². The number of nitrogens with zero attached hydrogens (tertiary/aromatic N) is 1. The normalized spacial score (nSPS) is 2.40. The lowest BCUT2D eigenvalue weighted by Crippen LogP contribution is -2.01. The molecule has 0 aromatic heterocycles. The highest BCUT2D eigenvalue weighted by Crippen LogP contribution is 0.754. The van der Waals surface area contributed by atoms with Gasteiger partial charge in [-0.25, -0.2) is 0 Å². The van der Waals surface area contributed by atoms with Gasteiger partial charge in [-0.05, 0) is 0 Å². The van der Waals surface area contributed by atoms with E-state index < -0.39 is 6.47 Å². The Labute approximate surface area is 30.0 Å². The Morgan fingerprint density at radius 1 is 1.60 bits per heavy atom. The maximum Gasteiger partial charge on any atom is 1.00 e. The van der Waals surface area contributed by atoms with Crippen molar-refractivity contribution in [3.05, 3.63) is 0 Å². The SMILES string of the molecule is N.O=C[O-].[N+]. The van der Waals surface area contributed by atoms with Crippen molar-refractivity contribution in [2.45, 2.75) is 0 Å². The third kappa shape index (κ3) is 17.6. The molecule has 30 valence electrons. The molecule has 0 aromatic rings. The molecule has 0 spiro atoms. The van der Waals surface area contributed by atoms with Crippen LogP contribution >= 0.6 is 0 Å². The van der Waals surface area contributed by atoms with Crippen LogP contribution in [0.5, 0.6) is 0 Å². The van der Waals surface area contributed by atoms with Crippen LogP contribution < -0.4 is 17.4 Å². The second kappa shape index (κ2) is 127. The maximum atomic E-state index is 8.25. The number of carbonyl (C=O) groups excluding carboxylic acids is 1. The van der Waals surface area contributed by atoms with E-state index in [1.165, 1.54) is 0 Å². The molecular formula is CH4N2O2. The molecule has 0 fully saturated rings. The summed E-state index contributed by atoms with van der Waals surface area (Å²) in [7, 11) is 0. The molecule has 4 radical (unpaired) electrons. The number of hydrogen-bond acceptors (Lipinski definition) is 3. The van der Waals surface area contributed by atoms with Gasteiger partial charge >= 0.3 is 6.15 Å². The van der Waals surface area contributed by atoms with Crippen molar-refractivity contribution < 1.29 is 9.90 Å². The highest BCUT2D eigenvalue weighted by atomic mass is 16.3. The summed E-state index contributed by atoms with van der Waals surface area (Å²) in [6.45, 7) is -0.500. The molecule has 0 saturated heterocycles. The fourth-order valence-corrected chi connectivity index (χ4v) is 0. The van der Waals surface area contributed by atoms with E-state index in [0.29, 0.717) is 0 Å². The molecule has 0 aliphatic carbocycles. The summed E-state index contributed by atoms with van der Waals surface area (Å²) in [4.78, 5) is 8.25. The van der Waals surface area contributed by atoms with Gasteiger partial charge in [-0.1, -0.05) is 0 Å². The predicted octanol–water partition coefficient (Wildman–Crippen LogP) is -1.95. The number of carbonyl (C=O) groups is 1. The van der Waals surface area contributed by atoms with Crippen molar-refractivity contribution in [1.82, 2.24) is 12.3 Å². The topological polar surface area (TPSA) is 106 Å². The maximum absolute atomic E-state index is 8.25. The molecular weight excluding hydrogens is 72.0 g/mol. The fourth-order valence-electron chi connectivity index (χ4n) is 0. The monoisotopic (exact) mass is 76.0 g/mol. The van der Waals surface area contributed by atoms with Gasteiger partial charge in [0.15, 0.2) is 0 Å². The Morgan fingerprint density at radius 3 is 1.60 bits per heavy atom. The fraction of sp³-hybridized carbons (Fsp3) is 0. The standard InChI is InChI=1S/CH2O2.H3N.N/c2-1-3;;/h1H,(H,2,3);1H3;/q;;+1/p-1. The Bertz CT molecular complexity index is 15.1. The van der Waals surface area contributed by atoms with Crippen LogP contribution in [0.3, 0.4) is 0 Å². The quantitative estimate of drug-likeness (QED) is 0.339. The minimum atomic E-state index is -0.500. The average molecular weight is 76.1 g/mol. The molecule has 0 unspecified atom stereocenters. The van der Waals surface area contributed by atoms with Gasteiger partial charge in [0.2, 0.25) is 0 Å². The van der Waals surface area contributed by atoms with Crippen LogP contribution in [0.1, 0.15) is 0 Å². The molecule has 0 aromatic carbocycles. The predicted molar refractivity (Wildman–Crippen MR) is 13.2 cm³/mol. The third-order valence-electron chi connectivity index (χ3n) is 0. The lowest BCUT2D eigenvalue weighted by atomic mass is 11.7. The van der Waals surface area contributed by atoms with Crippen LogP contribution in [0.4, 0.5) is 0 Å². The van der Waals surface area contributed by atoms with Crippen molar-refractivity contribution in [3.63, 3.8) is 0 Å². The smallest absolute Gasteiger partial charge is 0.554 e. The van der Waals surface area contributed by atoms with Crippen molar-refractivity contribution in [3.8, 4) is 0 Å². The summed E-state index contributed by atoms with van der Waals surface area (Å²) >= 11 is 0. The molecule has 4 nitrogen and oxygen atoms in total. The molecule has 0 amide bonds. The Kier molecular flexibility index (Phi) is 665. The number of rotatable bonds is 0. The van der Waals surface area contributed by atoms with E-state index in [0.717, 1.165) is 0 Å². The van der Waals surface area contributed by atoms with E-state index in [-0.39, 0.29) is 12.3 Å². The van der Waals surface area contributed by atoms with E-state index >= 15 is 0 Å². The summed E-state index contributed by atoms with van der Waals surface area (Å²) in [5.74, 6) is 0. The van der Waals surface area contributed by atoms with Crippen molar-refractivity contribution >= 4 is 6.47 Å². The average Bonchev–Trinajstić information content (AvgIpc) is 0.918. The van der Waals surface area contributed by atoms with E-state index in [2.05, 4.69) is 0 Å². The van der Waals surface area contributed by atoms with Crippen LogP contribution in [-0.2, 0) is 4.79 Å². The summed E-state index contributed by atoms with van der Waals surface area (Å²) in [6, 6.07) is 0. The first kappa shape index (κ1) is 26.1. The molecule has 0 bridgehead atoms. The lowest BCUT2D eigenvalue weighted by Gasteiger charge is -1.52. The molecule has 0 atom stereocenters. The molecule has 3 N–H and O–H groups in total. The molecule has 5 heavy (non-hydrogen) atoms. The first-order valence-corrected chi connectivity index (χ1v) is 0.471. The summed E-state index contributed by atoms with van der Waals surface area (Å²) < 4.78 is 0. The molecule has 0 aliphatic heterocycles. The van der Waals surface area contributed by atoms with Gasteiger partial charge in [0.1, 0.15) is 0 Å². The minimum Gasteiger partial charge on any atom is -0.554 e. The van der Waals surface area contributed by atoms with Crippen molar-refractivity contribution in [1.29, 1.82) is 0 Å². The first-order chi connectivity index (χ1) is 1.41. The molecule has 0 heterocycles. The zero-order chi connectivity index (χ0) is 2.71. The second-order valence-corrected chi connectivity index (χ2v) is 0.0962. The molecule has 0 rings (SSSR count). The zero-order valence-electron chi connectivity index (χ0n) is 2.55. The lowest BCUT2D eigenvalue weighted by molar-refractivity contribution is -0.283. The van der Waals surface area contributed by atoms with Gasteiger partial charge in [-0.3, -0.25) is 0 Å². The van der Waals surface area contributed by atoms with Gasteiger partial charge in [-0.15, -0.1) is 0 Å². The molecule has 0 saturated carbocycles. The van der Waals surface area contributed by atoms with E-state index in [1.807, 2.05) is 0 Å². The third-order valence-corrected chi connectivity index (χ3v) is 0. The van der Waals surface area contributed by atoms with E-state index in [4.69, 9.17) is 9.90 Å². The highest BCUT2D eigenvalue weighted by Gasteiger charge is 1.00. The largest absolute Gasteiger partial charge is 1.00 e. The van der Waals surface area contributed by atoms with Gasteiger partial charge in [0, 0.05) is 6.47 Å². The number of carboxylic acid groups (broad SMARTS) is 1. The summed E-state index contributed by atoms with van der Waals surface area (Å²) in [6.07, 6.45) is 0. The van der Waals surface area contributed by atoms with Crippen LogP contribution in [0, 0.1) is 0 Å². The Morgan fingerprint density at radius 2 is 1.60 bits per heavy atom. The Hall–Kier alpha value is -0.610. The van der Waals surface area contributed by atoms with Crippen molar-refractivity contribution in [2.24, 2.45) is 0 Å². The van der Waals surface area contributed by atoms with Crippen LogP contribution in [0.2, 0.25) is 0 Å². The van der Waals surface area contributed by atoms with Crippen LogP contribution in [-0.4, -0.2) is 6.47 Å². The highest BCUT2D eigenvalue weighted by molar-refractivity contribution is 5.29. The first-order valence-electron chi connectivity index (χ1n) is 0.471. The van der Waals surface area contributed by atoms with Crippen molar-refractivity contribution in [2.75, 3.05) is 0 Å².